The van der Waals surface area contributed by atoms with E-state index < -0.39 is 8.32 Å². The molecule has 0 spiro atoms. The summed E-state index contributed by atoms with van der Waals surface area (Å²) in [4.78, 5) is 0. The highest BCUT2D eigenvalue weighted by Crippen LogP contribution is 2.33. The number of hydrogen-bond donors (Lipinski definition) is 0. The van der Waals surface area contributed by atoms with Gasteiger partial charge in [0.1, 0.15) is 0 Å². The van der Waals surface area contributed by atoms with Crippen LogP contribution in [0.1, 0.15) is 125 Å². The zero-order chi connectivity index (χ0) is 18.8. The van der Waals surface area contributed by atoms with Crippen molar-refractivity contribution >= 4 is 8.32 Å². The van der Waals surface area contributed by atoms with Gasteiger partial charge in [-0.15, -0.1) is 0 Å². The average molecular weight is 371 g/mol. The van der Waals surface area contributed by atoms with Crippen LogP contribution in [0.2, 0.25) is 18.1 Å². The Hall–Kier alpha value is 0.177. The maximum Gasteiger partial charge on any atom is 0.193 e. The fourth-order valence-electron chi connectivity index (χ4n) is 3.98. The van der Waals surface area contributed by atoms with Crippen LogP contribution in [0.5, 0.6) is 0 Å². The third kappa shape index (κ3) is 13.1. The van der Waals surface area contributed by atoms with Gasteiger partial charge >= 0.3 is 0 Å². The molecule has 0 aromatic rings. The Morgan fingerprint density at radius 3 is 1.16 bits per heavy atom. The molecule has 25 heavy (non-hydrogen) atoms. The summed E-state index contributed by atoms with van der Waals surface area (Å²) in [6.45, 7) is 11.6. The predicted molar refractivity (Wildman–Crippen MR) is 118 cm³/mol. The van der Waals surface area contributed by atoms with Crippen molar-refractivity contribution in [3.8, 4) is 0 Å². The van der Waals surface area contributed by atoms with Gasteiger partial charge in [0.05, 0.1) is 0 Å². The predicted octanol–water partition coefficient (Wildman–Crippen LogP) is 8.88. The van der Waals surface area contributed by atoms with E-state index in [2.05, 4.69) is 34.6 Å². The third-order valence-corrected chi connectivity index (χ3v) is 10.4. The minimum absolute atomic E-state index is 0.523. The van der Waals surface area contributed by atoms with Crippen LogP contribution in [0.3, 0.4) is 0 Å². The first-order valence-corrected chi connectivity index (χ1v) is 14.4. The van der Waals surface area contributed by atoms with E-state index >= 15 is 0 Å². The lowest BCUT2D eigenvalue weighted by molar-refractivity contribution is 0.174. The first kappa shape index (κ1) is 25.2. The molecule has 0 radical (unpaired) electrons. The Balaban J connectivity index is 4.85. The van der Waals surface area contributed by atoms with Crippen molar-refractivity contribution in [2.24, 2.45) is 0 Å². The first-order valence-electron chi connectivity index (χ1n) is 11.9. The Kier molecular flexibility index (Phi) is 17.7. The van der Waals surface area contributed by atoms with Crippen molar-refractivity contribution in [1.82, 2.24) is 0 Å². The zero-order valence-electron chi connectivity index (χ0n) is 18.5. The topological polar surface area (TPSA) is 9.23 Å². The van der Waals surface area contributed by atoms with E-state index in [1.54, 1.807) is 0 Å². The van der Waals surface area contributed by atoms with Crippen molar-refractivity contribution in [3.05, 3.63) is 0 Å². The second-order valence-corrected chi connectivity index (χ2v) is 12.3. The highest BCUT2D eigenvalue weighted by molar-refractivity contribution is 6.73. The average Bonchev–Trinajstić information content (AvgIpc) is 2.64. The lowest BCUT2D eigenvalue weighted by Gasteiger charge is -2.36. The van der Waals surface area contributed by atoms with Crippen molar-refractivity contribution in [2.75, 3.05) is 0 Å². The molecule has 0 aliphatic rings. The molecule has 0 aromatic heterocycles. The largest absolute Gasteiger partial charge is 0.414 e. The molecule has 0 aromatic carbocycles. The molecular formula is C23H50OSi. The van der Waals surface area contributed by atoms with Gasteiger partial charge in [0, 0.05) is 6.10 Å². The third-order valence-electron chi connectivity index (χ3n) is 5.79. The molecule has 0 unspecified atom stereocenters. The Labute approximate surface area is 161 Å². The molecule has 0 amide bonds. The summed E-state index contributed by atoms with van der Waals surface area (Å²) < 4.78 is 7.02. The second kappa shape index (κ2) is 17.6. The van der Waals surface area contributed by atoms with Crippen LogP contribution >= 0.6 is 0 Å². The quantitative estimate of drug-likeness (QED) is 0.163. The molecule has 152 valence electrons. The summed E-state index contributed by atoms with van der Waals surface area (Å²) in [5.41, 5.74) is 0. The van der Waals surface area contributed by atoms with E-state index in [0.29, 0.717) is 6.10 Å². The van der Waals surface area contributed by atoms with Gasteiger partial charge in [-0.3, -0.25) is 0 Å². The van der Waals surface area contributed by atoms with Crippen LogP contribution in [0, 0.1) is 0 Å². The Morgan fingerprint density at radius 1 is 0.520 bits per heavy atom. The molecule has 1 nitrogen and oxygen atoms in total. The van der Waals surface area contributed by atoms with Gasteiger partial charge in [0.25, 0.3) is 0 Å². The minimum Gasteiger partial charge on any atom is -0.414 e. The lowest BCUT2D eigenvalue weighted by atomic mass is 10.2. The second-order valence-electron chi connectivity index (χ2n) is 8.17. The molecule has 0 aliphatic heterocycles. The standard InChI is InChI=1S/C23H50OSi/c1-6-11-14-17-20-25(21-18-15-12-7-2,22-19-16-13-8-3)24-23(9-4)10-5/h23H,6-22H2,1-5H3. The number of unbranched alkanes of at least 4 members (excludes halogenated alkanes) is 9. The molecule has 0 fully saturated rings. The molecule has 0 saturated heterocycles. The van der Waals surface area contributed by atoms with E-state index in [1.165, 1.54) is 108 Å². The normalized spacial score (nSPS) is 12.2. The van der Waals surface area contributed by atoms with Crippen molar-refractivity contribution < 1.29 is 4.43 Å². The van der Waals surface area contributed by atoms with Gasteiger partial charge in [-0.1, -0.05) is 112 Å². The Bertz CT molecular complexity index is 232. The monoisotopic (exact) mass is 370 g/mol. The van der Waals surface area contributed by atoms with Crippen LogP contribution in [0.15, 0.2) is 0 Å². The summed E-state index contributed by atoms with van der Waals surface area (Å²) in [7, 11) is -1.55. The molecule has 0 N–H and O–H groups in total. The molecule has 0 bridgehead atoms. The van der Waals surface area contributed by atoms with Gasteiger partial charge in [-0.2, -0.15) is 0 Å². The first-order chi connectivity index (χ1) is 12.2. The number of rotatable bonds is 19. The van der Waals surface area contributed by atoms with E-state index in [1.807, 2.05) is 0 Å². The van der Waals surface area contributed by atoms with Crippen molar-refractivity contribution in [1.29, 1.82) is 0 Å². The van der Waals surface area contributed by atoms with Gasteiger partial charge < -0.3 is 4.43 Å². The lowest BCUT2D eigenvalue weighted by Crippen LogP contribution is -2.41. The van der Waals surface area contributed by atoms with Crippen LogP contribution < -0.4 is 0 Å². The molecule has 0 heterocycles. The smallest absolute Gasteiger partial charge is 0.193 e. The minimum atomic E-state index is -1.55. The van der Waals surface area contributed by atoms with Crippen LogP contribution in [-0.2, 0) is 4.43 Å². The molecule has 0 saturated carbocycles. The zero-order valence-corrected chi connectivity index (χ0v) is 19.5. The molecular weight excluding hydrogens is 320 g/mol. The summed E-state index contributed by atoms with van der Waals surface area (Å²) in [5, 5.41) is 0. The molecule has 0 atom stereocenters. The highest BCUT2D eigenvalue weighted by atomic mass is 28.4. The number of hydrogen-bond acceptors (Lipinski definition) is 1. The molecule has 2 heteroatoms. The van der Waals surface area contributed by atoms with Gasteiger partial charge in [0.2, 0.25) is 0 Å². The van der Waals surface area contributed by atoms with E-state index in [0.717, 1.165) is 0 Å². The summed E-state index contributed by atoms with van der Waals surface area (Å²) in [5.74, 6) is 0. The van der Waals surface area contributed by atoms with E-state index in [-0.39, 0.29) is 0 Å². The fourth-order valence-corrected chi connectivity index (χ4v) is 8.81. The van der Waals surface area contributed by atoms with Gasteiger partial charge in [0.15, 0.2) is 8.32 Å². The van der Waals surface area contributed by atoms with E-state index in [9.17, 15) is 0 Å². The van der Waals surface area contributed by atoms with E-state index in [4.69, 9.17) is 4.43 Å². The fraction of sp³-hybridized carbons (Fsp3) is 1.00. The van der Waals surface area contributed by atoms with Gasteiger partial charge in [-0.25, -0.2) is 0 Å². The summed E-state index contributed by atoms with van der Waals surface area (Å²) in [6.07, 6.45) is 19.7. The van der Waals surface area contributed by atoms with Crippen molar-refractivity contribution in [3.63, 3.8) is 0 Å². The summed E-state index contributed by atoms with van der Waals surface area (Å²) >= 11 is 0. The molecule has 0 rings (SSSR count). The summed E-state index contributed by atoms with van der Waals surface area (Å²) in [6, 6.07) is 4.30. The van der Waals surface area contributed by atoms with Crippen LogP contribution in [0.4, 0.5) is 0 Å². The van der Waals surface area contributed by atoms with Crippen LogP contribution in [-0.4, -0.2) is 14.4 Å². The highest BCUT2D eigenvalue weighted by Gasteiger charge is 2.35. The van der Waals surface area contributed by atoms with Crippen LogP contribution in [0.25, 0.3) is 0 Å². The maximum atomic E-state index is 7.02. The SMILES string of the molecule is CCCCCC[Si](CCCCCC)(CCCCCC)OC(CC)CC. The van der Waals surface area contributed by atoms with Crippen molar-refractivity contribution in [2.45, 2.75) is 149 Å². The van der Waals surface area contributed by atoms with Gasteiger partial charge in [-0.05, 0) is 31.0 Å². The molecule has 0 aliphatic carbocycles. The Morgan fingerprint density at radius 2 is 0.880 bits per heavy atom. The maximum absolute atomic E-state index is 7.02.